The Morgan fingerprint density at radius 3 is 2.67 bits per heavy atom. The van der Waals surface area contributed by atoms with Crippen LogP contribution in [0.2, 0.25) is 0 Å². The molecule has 0 bridgehead atoms. The first-order chi connectivity index (χ1) is 8.61. The Morgan fingerprint density at radius 1 is 1.22 bits per heavy atom. The minimum atomic E-state index is 0.541. The number of nitriles is 1. The fourth-order valence-corrected chi connectivity index (χ4v) is 2.83. The third kappa shape index (κ3) is 2.60. The number of aromatic nitrogens is 1. The average molecular weight is 256 g/mol. The van der Waals surface area contributed by atoms with E-state index in [1.165, 1.54) is 21.6 Å². The Morgan fingerprint density at radius 2 is 2.00 bits per heavy atom. The van der Waals surface area contributed by atoms with Crippen molar-refractivity contribution >= 4 is 11.3 Å². The van der Waals surface area contributed by atoms with E-state index >= 15 is 0 Å². The molecule has 1 aromatic carbocycles. The van der Waals surface area contributed by atoms with Crippen molar-refractivity contribution in [2.45, 2.75) is 33.6 Å². The third-order valence-electron chi connectivity index (χ3n) is 3.07. The van der Waals surface area contributed by atoms with Crippen LogP contribution in [0.25, 0.3) is 11.3 Å². The van der Waals surface area contributed by atoms with E-state index in [0.717, 1.165) is 17.1 Å². The first-order valence-electron chi connectivity index (χ1n) is 6.02. The van der Waals surface area contributed by atoms with Crippen LogP contribution in [0.1, 0.15) is 27.4 Å². The molecule has 0 radical (unpaired) electrons. The normalized spacial score (nSPS) is 10.3. The summed E-state index contributed by atoms with van der Waals surface area (Å²) in [6, 6.07) is 8.61. The summed E-state index contributed by atoms with van der Waals surface area (Å²) in [5, 5.41) is 9.67. The van der Waals surface area contributed by atoms with Gasteiger partial charge in [-0.3, -0.25) is 0 Å². The first-order valence-corrected chi connectivity index (χ1v) is 6.84. The molecule has 0 saturated carbocycles. The van der Waals surface area contributed by atoms with Crippen molar-refractivity contribution < 1.29 is 0 Å². The maximum absolute atomic E-state index is 8.61. The number of nitrogens with zero attached hydrogens (tertiary/aromatic N) is 2. The zero-order valence-electron chi connectivity index (χ0n) is 10.9. The van der Waals surface area contributed by atoms with Crippen molar-refractivity contribution in [2.24, 2.45) is 0 Å². The standard InChI is InChI=1S/C15H16N2S/c1-10-6-7-13(9-11(10)2)15-12(3)18-14(17-15)5-4-8-16/h6-7,9H,4-5H2,1-3H3. The lowest BCUT2D eigenvalue weighted by Gasteiger charge is -2.03. The summed E-state index contributed by atoms with van der Waals surface area (Å²) in [7, 11) is 0. The van der Waals surface area contributed by atoms with Crippen LogP contribution in [-0.2, 0) is 6.42 Å². The van der Waals surface area contributed by atoms with Crippen molar-refractivity contribution in [3.05, 3.63) is 39.2 Å². The molecule has 3 heteroatoms. The molecule has 0 saturated heterocycles. The van der Waals surface area contributed by atoms with E-state index in [9.17, 15) is 0 Å². The molecular formula is C15H16N2S. The molecule has 92 valence electrons. The van der Waals surface area contributed by atoms with E-state index in [2.05, 4.69) is 50.0 Å². The molecule has 0 aliphatic rings. The number of hydrogen-bond acceptors (Lipinski definition) is 3. The molecule has 0 fully saturated rings. The lowest BCUT2D eigenvalue weighted by atomic mass is 10.0. The van der Waals surface area contributed by atoms with Gasteiger partial charge in [0.15, 0.2) is 0 Å². The van der Waals surface area contributed by atoms with Gasteiger partial charge in [-0.1, -0.05) is 12.1 Å². The van der Waals surface area contributed by atoms with Gasteiger partial charge in [0.1, 0.15) is 0 Å². The molecule has 0 N–H and O–H groups in total. The Bertz CT molecular complexity index is 605. The number of thiazole rings is 1. The van der Waals surface area contributed by atoms with Gasteiger partial charge in [-0.25, -0.2) is 4.98 Å². The number of rotatable bonds is 3. The van der Waals surface area contributed by atoms with Crippen LogP contribution >= 0.6 is 11.3 Å². The zero-order valence-corrected chi connectivity index (χ0v) is 11.8. The summed E-state index contributed by atoms with van der Waals surface area (Å²) in [5.41, 5.74) is 4.83. The fraction of sp³-hybridized carbons (Fsp3) is 0.333. The van der Waals surface area contributed by atoms with Gasteiger partial charge in [-0.2, -0.15) is 5.26 Å². The Labute approximate surface area is 112 Å². The van der Waals surface area contributed by atoms with Crippen LogP contribution in [-0.4, -0.2) is 4.98 Å². The molecule has 0 atom stereocenters. The van der Waals surface area contributed by atoms with E-state index in [1.54, 1.807) is 11.3 Å². The van der Waals surface area contributed by atoms with E-state index in [1.807, 2.05) is 0 Å². The van der Waals surface area contributed by atoms with Crippen molar-refractivity contribution in [1.82, 2.24) is 4.98 Å². The molecule has 18 heavy (non-hydrogen) atoms. The second-order valence-corrected chi connectivity index (χ2v) is 5.76. The second-order valence-electron chi connectivity index (χ2n) is 4.47. The minimum absolute atomic E-state index is 0.541. The summed E-state index contributed by atoms with van der Waals surface area (Å²) in [4.78, 5) is 5.88. The Hall–Kier alpha value is -1.66. The van der Waals surface area contributed by atoms with Gasteiger partial charge in [-0.05, 0) is 38.0 Å². The van der Waals surface area contributed by atoms with Gasteiger partial charge in [-0.15, -0.1) is 11.3 Å². The SMILES string of the molecule is Cc1ccc(-c2nc(CCC#N)sc2C)cc1C. The van der Waals surface area contributed by atoms with E-state index in [-0.39, 0.29) is 0 Å². The third-order valence-corrected chi connectivity index (χ3v) is 4.10. The molecule has 0 amide bonds. The molecule has 1 heterocycles. The highest BCUT2D eigenvalue weighted by Gasteiger charge is 2.10. The van der Waals surface area contributed by atoms with E-state index in [0.29, 0.717) is 6.42 Å². The maximum Gasteiger partial charge on any atom is 0.0945 e. The van der Waals surface area contributed by atoms with E-state index in [4.69, 9.17) is 5.26 Å². The maximum atomic E-state index is 8.61. The predicted molar refractivity (Wildman–Crippen MR) is 75.7 cm³/mol. The van der Waals surface area contributed by atoms with Crippen molar-refractivity contribution in [1.29, 1.82) is 5.26 Å². The summed E-state index contributed by atoms with van der Waals surface area (Å²) < 4.78 is 0. The van der Waals surface area contributed by atoms with Crippen LogP contribution in [0.3, 0.4) is 0 Å². The molecule has 0 spiro atoms. The molecule has 0 aliphatic heterocycles. The molecule has 2 nitrogen and oxygen atoms in total. The van der Waals surface area contributed by atoms with Gasteiger partial charge in [0.2, 0.25) is 0 Å². The highest BCUT2D eigenvalue weighted by molar-refractivity contribution is 7.12. The van der Waals surface area contributed by atoms with Crippen LogP contribution < -0.4 is 0 Å². The Balaban J connectivity index is 2.35. The summed E-state index contributed by atoms with van der Waals surface area (Å²) in [5.74, 6) is 0. The zero-order chi connectivity index (χ0) is 13.1. The van der Waals surface area contributed by atoms with Crippen LogP contribution in [0.4, 0.5) is 0 Å². The highest BCUT2D eigenvalue weighted by atomic mass is 32.1. The lowest BCUT2D eigenvalue weighted by Crippen LogP contribution is -1.86. The fourth-order valence-electron chi connectivity index (χ4n) is 1.88. The van der Waals surface area contributed by atoms with Gasteiger partial charge < -0.3 is 0 Å². The van der Waals surface area contributed by atoms with E-state index < -0.39 is 0 Å². The Kier molecular flexibility index (Phi) is 3.78. The first kappa shape index (κ1) is 12.8. The monoisotopic (exact) mass is 256 g/mol. The number of benzene rings is 1. The summed E-state index contributed by atoms with van der Waals surface area (Å²) in [6.45, 7) is 6.33. The highest BCUT2D eigenvalue weighted by Crippen LogP contribution is 2.29. The number of hydrogen-bond donors (Lipinski definition) is 0. The van der Waals surface area contributed by atoms with Gasteiger partial charge in [0.25, 0.3) is 0 Å². The summed E-state index contributed by atoms with van der Waals surface area (Å²) in [6.07, 6.45) is 1.30. The molecule has 2 rings (SSSR count). The summed E-state index contributed by atoms with van der Waals surface area (Å²) >= 11 is 1.70. The number of aryl methyl sites for hydroxylation is 4. The lowest BCUT2D eigenvalue weighted by molar-refractivity contribution is 0.990. The van der Waals surface area contributed by atoms with Gasteiger partial charge in [0.05, 0.1) is 16.8 Å². The quantitative estimate of drug-likeness (QED) is 0.825. The molecule has 2 aromatic rings. The van der Waals surface area contributed by atoms with Gasteiger partial charge >= 0.3 is 0 Å². The van der Waals surface area contributed by atoms with Crippen molar-refractivity contribution in [2.75, 3.05) is 0 Å². The van der Waals surface area contributed by atoms with Crippen LogP contribution in [0, 0.1) is 32.1 Å². The average Bonchev–Trinajstić information content (AvgIpc) is 2.71. The van der Waals surface area contributed by atoms with Gasteiger partial charge in [0, 0.05) is 23.3 Å². The van der Waals surface area contributed by atoms with Crippen molar-refractivity contribution in [3.8, 4) is 17.3 Å². The molecule has 1 aromatic heterocycles. The van der Waals surface area contributed by atoms with Crippen LogP contribution in [0.5, 0.6) is 0 Å². The smallest absolute Gasteiger partial charge is 0.0945 e. The predicted octanol–water partition coefficient (Wildman–Crippen LogP) is 4.19. The molecule has 0 unspecified atom stereocenters. The second kappa shape index (κ2) is 5.32. The topological polar surface area (TPSA) is 36.7 Å². The minimum Gasteiger partial charge on any atom is -0.241 e. The van der Waals surface area contributed by atoms with Crippen molar-refractivity contribution in [3.63, 3.8) is 0 Å². The largest absolute Gasteiger partial charge is 0.241 e. The molecule has 0 aliphatic carbocycles. The molecular weight excluding hydrogens is 240 g/mol. The van der Waals surface area contributed by atoms with Crippen LogP contribution in [0.15, 0.2) is 18.2 Å².